The largest absolute Gasteiger partial charge is 0.348 e. The molecule has 1 heterocycles. The van der Waals surface area contributed by atoms with Gasteiger partial charge in [-0.15, -0.1) is 5.10 Å². The lowest BCUT2D eigenvalue weighted by Crippen LogP contribution is -2.34. The van der Waals surface area contributed by atoms with Crippen LogP contribution >= 0.6 is 0 Å². The van der Waals surface area contributed by atoms with E-state index in [2.05, 4.69) is 15.5 Å². The fraction of sp³-hybridized carbons (Fsp3) is 0.438. The van der Waals surface area contributed by atoms with Gasteiger partial charge in [-0.1, -0.05) is 43.9 Å². The van der Waals surface area contributed by atoms with E-state index in [9.17, 15) is 4.79 Å². The monoisotopic (exact) mass is 284 g/mol. The van der Waals surface area contributed by atoms with Crippen LogP contribution in [0.5, 0.6) is 0 Å². The molecule has 1 aliphatic rings. The van der Waals surface area contributed by atoms with Gasteiger partial charge in [-0.2, -0.15) is 9.90 Å². The predicted octanol–water partition coefficient (Wildman–Crippen LogP) is 2.72. The molecule has 3 rings (SSSR count). The number of rotatable bonds is 3. The van der Waals surface area contributed by atoms with Crippen molar-refractivity contribution < 1.29 is 4.79 Å². The van der Waals surface area contributed by atoms with Crippen LogP contribution in [0.1, 0.15) is 49.0 Å². The lowest BCUT2D eigenvalue weighted by atomic mass is 10.1. The fourth-order valence-corrected chi connectivity index (χ4v) is 2.74. The highest BCUT2D eigenvalue weighted by atomic mass is 16.2. The molecular weight excluding hydrogens is 264 g/mol. The quantitative estimate of drug-likeness (QED) is 0.882. The normalized spacial score (nSPS) is 16.4. The summed E-state index contributed by atoms with van der Waals surface area (Å²) < 4.78 is 0. The molecule has 1 N–H and O–H groups in total. The molecule has 1 aromatic heterocycles. The van der Waals surface area contributed by atoms with E-state index in [1.54, 1.807) is 0 Å². The minimum Gasteiger partial charge on any atom is -0.348 e. The molecule has 0 spiro atoms. The molecule has 0 radical (unpaired) electrons. The SMILES string of the molecule is O=C(NC1CCCCCC1)c1cnn(-c2ccccc2)n1. The summed E-state index contributed by atoms with van der Waals surface area (Å²) in [6.45, 7) is 0. The number of para-hydroxylation sites is 1. The van der Waals surface area contributed by atoms with Crippen molar-refractivity contribution in [3.63, 3.8) is 0 Å². The number of hydrogen-bond acceptors (Lipinski definition) is 3. The van der Waals surface area contributed by atoms with Gasteiger partial charge in [-0.05, 0) is 25.0 Å². The lowest BCUT2D eigenvalue weighted by Gasteiger charge is -2.14. The number of nitrogens with zero attached hydrogens (tertiary/aromatic N) is 3. The van der Waals surface area contributed by atoms with Gasteiger partial charge >= 0.3 is 0 Å². The number of hydrogen-bond donors (Lipinski definition) is 1. The summed E-state index contributed by atoms with van der Waals surface area (Å²) in [4.78, 5) is 13.7. The van der Waals surface area contributed by atoms with Crippen molar-refractivity contribution >= 4 is 5.91 Å². The highest BCUT2D eigenvalue weighted by Crippen LogP contribution is 2.17. The van der Waals surface area contributed by atoms with Crippen LogP contribution in [0.4, 0.5) is 0 Å². The molecule has 1 fully saturated rings. The highest BCUT2D eigenvalue weighted by Gasteiger charge is 2.18. The van der Waals surface area contributed by atoms with Gasteiger partial charge in [0, 0.05) is 6.04 Å². The zero-order valence-electron chi connectivity index (χ0n) is 12.0. The molecule has 21 heavy (non-hydrogen) atoms. The molecule has 2 aromatic rings. The van der Waals surface area contributed by atoms with E-state index < -0.39 is 0 Å². The Labute approximate surface area is 124 Å². The Bertz CT molecular complexity index is 585. The molecule has 0 unspecified atom stereocenters. The number of carbonyl (C=O) groups is 1. The molecule has 1 amide bonds. The Morgan fingerprint density at radius 1 is 1.10 bits per heavy atom. The van der Waals surface area contributed by atoms with Crippen molar-refractivity contribution in [2.45, 2.75) is 44.6 Å². The average Bonchev–Trinajstić information content (AvgIpc) is 2.88. The molecule has 0 atom stereocenters. The number of benzene rings is 1. The first-order valence-corrected chi connectivity index (χ1v) is 7.61. The van der Waals surface area contributed by atoms with Crippen molar-refractivity contribution in [1.29, 1.82) is 0 Å². The Morgan fingerprint density at radius 3 is 2.52 bits per heavy atom. The Hall–Kier alpha value is -2.17. The standard InChI is InChI=1S/C16H20N4O/c21-16(18-13-8-4-1-2-5-9-13)15-12-17-20(19-15)14-10-6-3-7-11-14/h3,6-7,10-13H,1-2,4-5,8-9H2,(H,18,21). The van der Waals surface area contributed by atoms with E-state index in [0.29, 0.717) is 5.69 Å². The molecule has 5 heteroatoms. The minimum atomic E-state index is -0.121. The fourth-order valence-electron chi connectivity index (χ4n) is 2.74. The van der Waals surface area contributed by atoms with Gasteiger partial charge in [-0.3, -0.25) is 4.79 Å². The van der Waals surface area contributed by atoms with Gasteiger partial charge in [0.1, 0.15) is 0 Å². The Morgan fingerprint density at radius 2 is 1.81 bits per heavy atom. The van der Waals surface area contributed by atoms with Gasteiger partial charge in [-0.25, -0.2) is 0 Å². The molecule has 0 bridgehead atoms. The van der Waals surface area contributed by atoms with Crippen molar-refractivity contribution in [2.75, 3.05) is 0 Å². The van der Waals surface area contributed by atoms with E-state index >= 15 is 0 Å². The third-order valence-corrected chi connectivity index (χ3v) is 3.90. The molecule has 0 saturated heterocycles. The number of nitrogens with one attached hydrogen (secondary N) is 1. The summed E-state index contributed by atoms with van der Waals surface area (Å²) in [7, 11) is 0. The topological polar surface area (TPSA) is 59.8 Å². The van der Waals surface area contributed by atoms with Crippen LogP contribution in [0.25, 0.3) is 5.69 Å². The first kappa shape index (κ1) is 13.8. The van der Waals surface area contributed by atoms with E-state index in [-0.39, 0.29) is 11.9 Å². The van der Waals surface area contributed by atoms with Gasteiger partial charge < -0.3 is 5.32 Å². The molecular formula is C16H20N4O. The smallest absolute Gasteiger partial charge is 0.273 e. The summed E-state index contributed by atoms with van der Waals surface area (Å²) in [5.41, 5.74) is 1.23. The first-order chi connectivity index (χ1) is 10.3. The van der Waals surface area contributed by atoms with Crippen molar-refractivity contribution in [1.82, 2.24) is 20.3 Å². The minimum absolute atomic E-state index is 0.121. The van der Waals surface area contributed by atoms with E-state index in [0.717, 1.165) is 18.5 Å². The summed E-state index contributed by atoms with van der Waals surface area (Å²) in [6.07, 6.45) is 8.60. The average molecular weight is 284 g/mol. The second-order valence-electron chi connectivity index (χ2n) is 5.52. The second kappa shape index (κ2) is 6.52. The third-order valence-electron chi connectivity index (χ3n) is 3.90. The van der Waals surface area contributed by atoms with Crippen LogP contribution < -0.4 is 5.32 Å². The zero-order chi connectivity index (χ0) is 14.5. The van der Waals surface area contributed by atoms with Crippen LogP contribution in [-0.4, -0.2) is 26.9 Å². The summed E-state index contributed by atoms with van der Waals surface area (Å²) in [6, 6.07) is 9.88. The zero-order valence-corrected chi connectivity index (χ0v) is 12.0. The number of aromatic nitrogens is 3. The molecule has 1 saturated carbocycles. The van der Waals surface area contributed by atoms with Crippen molar-refractivity contribution in [3.05, 3.63) is 42.2 Å². The Kier molecular flexibility index (Phi) is 4.28. The number of amides is 1. The van der Waals surface area contributed by atoms with Gasteiger partial charge in [0.05, 0.1) is 11.9 Å². The van der Waals surface area contributed by atoms with Crippen LogP contribution in [0, 0.1) is 0 Å². The second-order valence-corrected chi connectivity index (χ2v) is 5.52. The van der Waals surface area contributed by atoms with Crippen LogP contribution in [0.3, 0.4) is 0 Å². The van der Waals surface area contributed by atoms with Crippen LogP contribution in [-0.2, 0) is 0 Å². The Balaban J connectivity index is 1.66. The maximum atomic E-state index is 12.2. The molecule has 110 valence electrons. The number of carbonyl (C=O) groups excluding carboxylic acids is 1. The summed E-state index contributed by atoms with van der Waals surface area (Å²) >= 11 is 0. The maximum absolute atomic E-state index is 12.2. The molecule has 5 nitrogen and oxygen atoms in total. The van der Waals surface area contributed by atoms with Crippen LogP contribution in [0.2, 0.25) is 0 Å². The lowest BCUT2D eigenvalue weighted by molar-refractivity contribution is 0.0928. The van der Waals surface area contributed by atoms with Gasteiger partial charge in [0.25, 0.3) is 5.91 Å². The third kappa shape index (κ3) is 3.48. The van der Waals surface area contributed by atoms with E-state index in [4.69, 9.17) is 0 Å². The van der Waals surface area contributed by atoms with Gasteiger partial charge in [0.2, 0.25) is 0 Å². The van der Waals surface area contributed by atoms with Crippen LogP contribution in [0.15, 0.2) is 36.5 Å². The van der Waals surface area contributed by atoms with Crippen molar-refractivity contribution in [3.8, 4) is 5.69 Å². The molecule has 1 aromatic carbocycles. The molecule has 1 aliphatic carbocycles. The van der Waals surface area contributed by atoms with Crippen molar-refractivity contribution in [2.24, 2.45) is 0 Å². The summed E-state index contributed by atoms with van der Waals surface area (Å²) in [5, 5.41) is 11.5. The molecule has 0 aliphatic heterocycles. The predicted molar refractivity (Wildman–Crippen MR) is 80.3 cm³/mol. The maximum Gasteiger partial charge on any atom is 0.273 e. The first-order valence-electron chi connectivity index (χ1n) is 7.61. The summed E-state index contributed by atoms with van der Waals surface area (Å²) in [5.74, 6) is -0.121. The van der Waals surface area contributed by atoms with E-state index in [1.165, 1.54) is 36.7 Å². The highest BCUT2D eigenvalue weighted by molar-refractivity contribution is 5.92. The van der Waals surface area contributed by atoms with Gasteiger partial charge in [0.15, 0.2) is 5.69 Å². The van der Waals surface area contributed by atoms with E-state index in [1.807, 2.05) is 30.3 Å².